The van der Waals surface area contributed by atoms with Crippen molar-refractivity contribution in [1.29, 1.82) is 5.26 Å². The number of nitriles is 1. The maximum Gasteiger partial charge on any atom is 0.101 e. The van der Waals surface area contributed by atoms with E-state index >= 15 is 0 Å². The summed E-state index contributed by atoms with van der Waals surface area (Å²) in [5, 5.41) is 12.4. The summed E-state index contributed by atoms with van der Waals surface area (Å²) in [7, 11) is 0. The largest absolute Gasteiger partial charge is 0.384 e. The smallest absolute Gasteiger partial charge is 0.101 e. The molecule has 0 aromatic heterocycles. The molecular weight excluding hydrogens is 232 g/mol. The van der Waals surface area contributed by atoms with Crippen LogP contribution in [0.2, 0.25) is 0 Å². The number of aryl methyl sites for hydroxylation is 2. The molecular formula is C17H18N2. The van der Waals surface area contributed by atoms with Crippen LogP contribution in [0.15, 0.2) is 42.5 Å². The summed E-state index contributed by atoms with van der Waals surface area (Å²) in [5.41, 5.74) is 5.39. The highest BCUT2D eigenvalue weighted by Crippen LogP contribution is 2.16. The van der Waals surface area contributed by atoms with Crippen LogP contribution in [0.4, 0.5) is 5.69 Å². The molecule has 1 N–H and O–H groups in total. The van der Waals surface area contributed by atoms with Crippen LogP contribution in [-0.4, -0.2) is 6.54 Å². The number of nitrogens with one attached hydrogen (secondary N) is 1. The molecule has 2 nitrogen and oxygen atoms in total. The van der Waals surface area contributed by atoms with Crippen LogP contribution in [0.25, 0.3) is 0 Å². The van der Waals surface area contributed by atoms with Crippen LogP contribution in [0.3, 0.4) is 0 Å². The van der Waals surface area contributed by atoms with Crippen LogP contribution < -0.4 is 5.32 Å². The quantitative estimate of drug-likeness (QED) is 0.895. The van der Waals surface area contributed by atoms with Gasteiger partial charge in [-0.3, -0.25) is 0 Å². The second-order valence-electron chi connectivity index (χ2n) is 4.83. The van der Waals surface area contributed by atoms with Gasteiger partial charge in [0.05, 0.1) is 11.3 Å². The van der Waals surface area contributed by atoms with Gasteiger partial charge in [-0.1, -0.05) is 35.9 Å². The van der Waals surface area contributed by atoms with Gasteiger partial charge in [0, 0.05) is 6.54 Å². The monoisotopic (exact) mass is 250 g/mol. The second-order valence-corrected chi connectivity index (χ2v) is 4.83. The zero-order valence-electron chi connectivity index (χ0n) is 11.4. The Bertz CT molecular complexity index is 609. The molecule has 0 spiro atoms. The summed E-state index contributed by atoms with van der Waals surface area (Å²) in [6, 6.07) is 16.6. The van der Waals surface area contributed by atoms with Gasteiger partial charge in [0.25, 0.3) is 0 Å². The first-order valence-corrected chi connectivity index (χ1v) is 6.49. The molecule has 2 rings (SSSR count). The van der Waals surface area contributed by atoms with Gasteiger partial charge < -0.3 is 5.32 Å². The van der Waals surface area contributed by atoms with E-state index in [2.05, 4.69) is 42.6 Å². The van der Waals surface area contributed by atoms with Crippen LogP contribution in [-0.2, 0) is 6.42 Å². The van der Waals surface area contributed by atoms with E-state index in [-0.39, 0.29) is 0 Å². The zero-order chi connectivity index (χ0) is 13.7. The second kappa shape index (κ2) is 6.06. The minimum absolute atomic E-state index is 0.704. The highest BCUT2D eigenvalue weighted by atomic mass is 14.9. The van der Waals surface area contributed by atoms with Crippen molar-refractivity contribution in [3.05, 3.63) is 64.7 Å². The number of hydrogen-bond donors (Lipinski definition) is 1. The van der Waals surface area contributed by atoms with E-state index in [9.17, 15) is 0 Å². The first kappa shape index (κ1) is 13.2. The molecule has 0 amide bonds. The minimum Gasteiger partial charge on any atom is -0.384 e. The maximum absolute atomic E-state index is 9.07. The van der Waals surface area contributed by atoms with Crippen molar-refractivity contribution in [3.63, 3.8) is 0 Å². The van der Waals surface area contributed by atoms with E-state index in [4.69, 9.17) is 5.26 Å². The first-order chi connectivity index (χ1) is 9.19. The maximum atomic E-state index is 9.07. The predicted molar refractivity (Wildman–Crippen MR) is 79.3 cm³/mol. The Morgan fingerprint density at radius 1 is 1.05 bits per heavy atom. The lowest BCUT2D eigenvalue weighted by Crippen LogP contribution is -2.06. The molecule has 19 heavy (non-hydrogen) atoms. The molecule has 0 unspecified atom stereocenters. The van der Waals surface area contributed by atoms with Gasteiger partial charge in [-0.2, -0.15) is 5.26 Å². The topological polar surface area (TPSA) is 35.8 Å². The molecule has 0 heterocycles. The lowest BCUT2D eigenvalue weighted by molar-refractivity contribution is 1.01. The van der Waals surface area contributed by atoms with Crippen LogP contribution in [0, 0.1) is 25.2 Å². The fraction of sp³-hybridized carbons (Fsp3) is 0.235. The van der Waals surface area contributed by atoms with Crippen LogP contribution in [0.1, 0.15) is 22.3 Å². The number of benzene rings is 2. The van der Waals surface area contributed by atoms with Crippen molar-refractivity contribution in [2.75, 3.05) is 11.9 Å². The van der Waals surface area contributed by atoms with Crippen molar-refractivity contribution in [2.45, 2.75) is 20.3 Å². The number of anilines is 1. The molecule has 2 heteroatoms. The molecule has 96 valence electrons. The van der Waals surface area contributed by atoms with E-state index in [0.717, 1.165) is 24.2 Å². The lowest BCUT2D eigenvalue weighted by Gasteiger charge is -2.09. The molecule has 0 saturated carbocycles. The molecule has 0 radical (unpaired) electrons. The van der Waals surface area contributed by atoms with E-state index in [0.29, 0.717) is 5.56 Å². The van der Waals surface area contributed by atoms with Gasteiger partial charge in [0.15, 0.2) is 0 Å². The van der Waals surface area contributed by atoms with Crippen molar-refractivity contribution in [2.24, 2.45) is 0 Å². The van der Waals surface area contributed by atoms with Gasteiger partial charge in [-0.05, 0) is 43.5 Å². The molecule has 0 bridgehead atoms. The molecule has 0 saturated heterocycles. The minimum atomic E-state index is 0.704. The molecule has 2 aromatic rings. The lowest BCUT2D eigenvalue weighted by atomic mass is 10.1. The normalized spacial score (nSPS) is 9.95. The Kier molecular flexibility index (Phi) is 4.20. The Labute approximate surface area is 114 Å². The van der Waals surface area contributed by atoms with E-state index in [1.54, 1.807) is 0 Å². The number of hydrogen-bond acceptors (Lipinski definition) is 2. The van der Waals surface area contributed by atoms with Crippen molar-refractivity contribution in [1.82, 2.24) is 0 Å². The summed E-state index contributed by atoms with van der Waals surface area (Å²) in [6.45, 7) is 4.97. The highest BCUT2D eigenvalue weighted by molar-refractivity contribution is 5.58. The molecule has 0 aliphatic heterocycles. The van der Waals surface area contributed by atoms with Gasteiger partial charge in [0.2, 0.25) is 0 Å². The third-order valence-electron chi connectivity index (χ3n) is 3.11. The fourth-order valence-electron chi connectivity index (χ4n) is 2.11. The number of nitrogens with zero attached hydrogens (tertiary/aromatic N) is 1. The van der Waals surface area contributed by atoms with Gasteiger partial charge >= 0.3 is 0 Å². The third kappa shape index (κ3) is 3.59. The fourth-order valence-corrected chi connectivity index (χ4v) is 2.11. The highest BCUT2D eigenvalue weighted by Gasteiger charge is 2.01. The van der Waals surface area contributed by atoms with Gasteiger partial charge in [-0.25, -0.2) is 0 Å². The van der Waals surface area contributed by atoms with Crippen LogP contribution in [0.5, 0.6) is 0 Å². The molecule has 0 aliphatic carbocycles. The Hall–Kier alpha value is -2.27. The third-order valence-corrected chi connectivity index (χ3v) is 3.11. The average molecular weight is 250 g/mol. The van der Waals surface area contributed by atoms with Crippen LogP contribution >= 0.6 is 0 Å². The first-order valence-electron chi connectivity index (χ1n) is 6.49. The molecule has 0 atom stereocenters. The Morgan fingerprint density at radius 3 is 2.58 bits per heavy atom. The summed E-state index contributed by atoms with van der Waals surface area (Å²) in [5.74, 6) is 0. The predicted octanol–water partition coefficient (Wildman–Crippen LogP) is 3.83. The zero-order valence-corrected chi connectivity index (χ0v) is 11.4. The van der Waals surface area contributed by atoms with Gasteiger partial charge in [-0.15, -0.1) is 0 Å². The van der Waals surface area contributed by atoms with Crippen molar-refractivity contribution in [3.8, 4) is 6.07 Å². The van der Waals surface area contributed by atoms with Crippen molar-refractivity contribution < 1.29 is 0 Å². The summed E-state index contributed by atoms with van der Waals surface area (Å²) >= 11 is 0. The van der Waals surface area contributed by atoms with Crippen molar-refractivity contribution >= 4 is 5.69 Å². The molecule has 0 fully saturated rings. The Balaban J connectivity index is 2.00. The van der Waals surface area contributed by atoms with E-state index < -0.39 is 0 Å². The molecule has 2 aromatic carbocycles. The number of rotatable bonds is 4. The van der Waals surface area contributed by atoms with E-state index in [1.807, 2.05) is 25.1 Å². The van der Waals surface area contributed by atoms with Gasteiger partial charge in [0.1, 0.15) is 6.07 Å². The standard InChI is InChI=1S/C17H18N2/c1-13-4-3-5-15(10-13)8-9-19-17-11-14(2)6-7-16(17)12-18/h3-7,10-11,19H,8-9H2,1-2H3. The van der Waals surface area contributed by atoms with E-state index in [1.165, 1.54) is 11.1 Å². The molecule has 0 aliphatic rings. The SMILES string of the molecule is Cc1cccc(CCNc2cc(C)ccc2C#N)c1. The summed E-state index contributed by atoms with van der Waals surface area (Å²) < 4.78 is 0. The Morgan fingerprint density at radius 2 is 1.84 bits per heavy atom. The summed E-state index contributed by atoms with van der Waals surface area (Å²) in [6.07, 6.45) is 0.959. The summed E-state index contributed by atoms with van der Waals surface area (Å²) in [4.78, 5) is 0. The average Bonchev–Trinajstić information content (AvgIpc) is 2.39.